The minimum Gasteiger partial charge on any atom is -0.373 e. The highest BCUT2D eigenvalue weighted by Crippen LogP contribution is 2.57. The molecule has 0 amide bonds. The molecule has 4 heterocycles. The number of rotatable bonds is 2. The molecule has 2 aromatic heterocycles. The second kappa shape index (κ2) is 9.61. The van der Waals surface area contributed by atoms with E-state index >= 15 is 0 Å². The normalized spacial score (nSPS) is 21.8. The summed E-state index contributed by atoms with van der Waals surface area (Å²) in [4.78, 5) is 0. The van der Waals surface area contributed by atoms with Gasteiger partial charge in [0.05, 0.1) is 39.5 Å². The maximum Gasteiger partial charge on any atom is 0.129 e. The molecule has 4 nitrogen and oxygen atoms in total. The van der Waals surface area contributed by atoms with Crippen LogP contribution in [0.3, 0.4) is 0 Å². The van der Waals surface area contributed by atoms with Crippen LogP contribution in [0, 0.1) is 5.92 Å². The molecular weight excluding hydrogens is 621 g/mol. The van der Waals surface area contributed by atoms with Crippen LogP contribution >= 0.6 is 0 Å². The summed E-state index contributed by atoms with van der Waals surface area (Å²) in [5.74, 6) is 0.880. The first-order valence-electron chi connectivity index (χ1n) is 18.3. The average molecular weight is 657 g/mol. The summed E-state index contributed by atoms with van der Waals surface area (Å²) >= 11 is 0. The van der Waals surface area contributed by atoms with E-state index in [4.69, 9.17) is 0 Å². The highest BCUT2D eigenvalue weighted by atomic mass is 15.3. The predicted octanol–water partition coefficient (Wildman–Crippen LogP) is 11.8. The summed E-state index contributed by atoms with van der Waals surface area (Å²) in [6.45, 7) is 4.87. The van der Waals surface area contributed by atoms with Gasteiger partial charge in [-0.15, -0.1) is 0 Å². The predicted molar refractivity (Wildman–Crippen MR) is 212 cm³/mol. The lowest BCUT2D eigenvalue weighted by Gasteiger charge is -2.34. The Labute approximate surface area is 296 Å². The van der Waals surface area contributed by atoms with Crippen molar-refractivity contribution in [1.82, 2.24) is 9.13 Å². The third-order valence-electron chi connectivity index (χ3n) is 12.6. The first kappa shape index (κ1) is 27.8. The summed E-state index contributed by atoms with van der Waals surface area (Å²) < 4.78 is 5.01. The molecular formula is C47H36N4. The van der Waals surface area contributed by atoms with Gasteiger partial charge < -0.3 is 19.8 Å². The molecule has 51 heavy (non-hydrogen) atoms. The number of hydrogen-bond acceptors (Lipinski definition) is 2. The second-order valence-corrected chi connectivity index (χ2v) is 15.5. The van der Waals surface area contributed by atoms with E-state index in [1.165, 1.54) is 77.1 Å². The lowest BCUT2D eigenvalue weighted by atomic mass is 9.74. The van der Waals surface area contributed by atoms with Gasteiger partial charge in [0.1, 0.15) is 6.17 Å². The minimum atomic E-state index is 0.0529. The maximum atomic E-state index is 3.98. The Morgan fingerprint density at radius 3 is 2.18 bits per heavy atom. The molecule has 2 aliphatic carbocycles. The van der Waals surface area contributed by atoms with Gasteiger partial charge in [-0.05, 0) is 100 Å². The Morgan fingerprint density at radius 2 is 1.29 bits per heavy atom. The van der Waals surface area contributed by atoms with Crippen LogP contribution < -0.4 is 10.6 Å². The molecule has 0 fully saturated rings. The summed E-state index contributed by atoms with van der Waals surface area (Å²) in [5.41, 5.74) is 15.5. The molecule has 4 heteroatoms. The molecule has 12 rings (SSSR count). The van der Waals surface area contributed by atoms with Gasteiger partial charge in [-0.25, -0.2) is 0 Å². The summed E-state index contributed by atoms with van der Waals surface area (Å²) in [5, 5.41) is 13.2. The number of benzene rings is 6. The zero-order chi connectivity index (χ0) is 33.6. The number of para-hydroxylation sites is 4. The Balaban J connectivity index is 1.12. The van der Waals surface area contributed by atoms with E-state index in [-0.39, 0.29) is 17.6 Å². The monoisotopic (exact) mass is 656 g/mol. The number of nitrogens with one attached hydrogen (secondary N) is 2. The molecule has 2 aliphatic heterocycles. The van der Waals surface area contributed by atoms with Crippen LogP contribution in [0.25, 0.3) is 60.4 Å². The smallest absolute Gasteiger partial charge is 0.129 e. The van der Waals surface area contributed by atoms with Gasteiger partial charge in [-0.1, -0.05) is 92.7 Å². The van der Waals surface area contributed by atoms with E-state index in [1.54, 1.807) is 0 Å². The van der Waals surface area contributed by atoms with Crippen LogP contribution in [0.1, 0.15) is 48.7 Å². The van der Waals surface area contributed by atoms with Gasteiger partial charge in [-0.2, -0.15) is 0 Å². The maximum absolute atomic E-state index is 3.98. The molecule has 6 aromatic carbocycles. The Bertz CT molecular complexity index is 2860. The van der Waals surface area contributed by atoms with E-state index in [0.29, 0.717) is 11.8 Å². The lowest BCUT2D eigenvalue weighted by Crippen LogP contribution is -2.30. The summed E-state index contributed by atoms with van der Waals surface area (Å²) in [6.07, 6.45) is 9.41. The topological polar surface area (TPSA) is 33.9 Å². The van der Waals surface area contributed by atoms with Gasteiger partial charge in [0, 0.05) is 38.7 Å². The van der Waals surface area contributed by atoms with Crippen LogP contribution in [0.4, 0.5) is 11.4 Å². The number of anilines is 2. The molecule has 8 aromatic rings. The van der Waals surface area contributed by atoms with E-state index in [1.807, 2.05) is 0 Å². The van der Waals surface area contributed by atoms with Crippen LogP contribution in [-0.4, -0.2) is 9.13 Å². The van der Waals surface area contributed by atoms with Crippen molar-refractivity contribution in [2.24, 2.45) is 5.92 Å². The van der Waals surface area contributed by atoms with Crippen molar-refractivity contribution < 1.29 is 0 Å². The van der Waals surface area contributed by atoms with Crippen LogP contribution in [0.15, 0.2) is 146 Å². The minimum absolute atomic E-state index is 0.0529. The number of nitrogens with zero attached hydrogens (tertiary/aromatic N) is 2. The van der Waals surface area contributed by atoms with Crippen molar-refractivity contribution in [2.45, 2.75) is 37.4 Å². The van der Waals surface area contributed by atoms with Gasteiger partial charge in [0.15, 0.2) is 0 Å². The summed E-state index contributed by atoms with van der Waals surface area (Å²) in [6, 6.07) is 45.4. The van der Waals surface area contributed by atoms with Crippen molar-refractivity contribution in [3.63, 3.8) is 0 Å². The third kappa shape index (κ3) is 3.54. The molecule has 4 aliphatic rings. The highest BCUT2D eigenvalue weighted by Gasteiger charge is 2.46. The van der Waals surface area contributed by atoms with E-state index < -0.39 is 0 Å². The van der Waals surface area contributed by atoms with E-state index in [0.717, 1.165) is 11.4 Å². The second-order valence-electron chi connectivity index (χ2n) is 15.5. The average Bonchev–Trinajstić information content (AvgIpc) is 3.86. The third-order valence-corrected chi connectivity index (χ3v) is 12.6. The zero-order valence-electron chi connectivity index (χ0n) is 28.6. The molecule has 0 saturated carbocycles. The standard InChI is InChI=1S/C47H36N4/c1-47(2)37-16-8-6-14-30(37)32-25-34-35-23-28(27-20-21-42-33(22-27)31-15-7-11-19-41(31)50(42)29-12-4-3-5-13-29)24-36-44-46(49-40-18-10-9-17-39(40)48-44)51(45(35)36)43(34)26-38(32)47/h3-26,30,37,44,46,48-49H,1-2H3. The highest BCUT2D eigenvalue weighted by molar-refractivity contribution is 6.14. The lowest BCUT2D eigenvalue weighted by molar-refractivity contribution is 0.394. The first-order valence-corrected chi connectivity index (χ1v) is 18.3. The number of aromatic nitrogens is 2. The van der Waals surface area contributed by atoms with E-state index in [9.17, 15) is 0 Å². The van der Waals surface area contributed by atoms with Gasteiger partial charge in [0.2, 0.25) is 0 Å². The van der Waals surface area contributed by atoms with Crippen LogP contribution in [0.2, 0.25) is 0 Å². The number of fused-ring (bicyclic) bond motifs is 13. The molecule has 244 valence electrons. The Hall–Kier alpha value is -6.00. The first-order chi connectivity index (χ1) is 25.0. The quantitative estimate of drug-likeness (QED) is 0.194. The van der Waals surface area contributed by atoms with Crippen molar-refractivity contribution >= 4 is 55.0 Å². The largest absolute Gasteiger partial charge is 0.373 e. The summed E-state index contributed by atoms with van der Waals surface area (Å²) in [7, 11) is 0. The van der Waals surface area contributed by atoms with Crippen LogP contribution in [-0.2, 0) is 5.41 Å². The molecule has 4 unspecified atom stereocenters. The van der Waals surface area contributed by atoms with Crippen molar-refractivity contribution in [3.05, 3.63) is 162 Å². The Morgan fingerprint density at radius 1 is 0.569 bits per heavy atom. The Kier molecular flexibility index (Phi) is 5.24. The van der Waals surface area contributed by atoms with E-state index in [2.05, 4.69) is 179 Å². The van der Waals surface area contributed by atoms with Crippen molar-refractivity contribution in [1.29, 1.82) is 0 Å². The SMILES string of the molecule is CC1(C)c2cc3c(cc2C2C=CC=CC21)c1cc(-c2ccc4c(c2)c2ccccc2n4-c2ccccc2)cc2c1n3C1Nc3ccccc3NC21. The molecule has 0 radical (unpaired) electrons. The van der Waals surface area contributed by atoms with Gasteiger partial charge in [0.25, 0.3) is 0 Å². The van der Waals surface area contributed by atoms with Gasteiger partial charge >= 0.3 is 0 Å². The molecule has 0 bridgehead atoms. The molecule has 0 spiro atoms. The fraction of sp³-hybridized carbons (Fsp3) is 0.149. The molecule has 4 atom stereocenters. The van der Waals surface area contributed by atoms with Gasteiger partial charge in [-0.3, -0.25) is 0 Å². The van der Waals surface area contributed by atoms with Crippen LogP contribution in [0.5, 0.6) is 0 Å². The number of hydrogen-bond donors (Lipinski definition) is 2. The fourth-order valence-electron chi connectivity index (χ4n) is 10.3. The zero-order valence-corrected chi connectivity index (χ0v) is 28.6. The molecule has 2 N–H and O–H groups in total. The van der Waals surface area contributed by atoms with Crippen molar-refractivity contribution in [2.75, 3.05) is 10.6 Å². The van der Waals surface area contributed by atoms with Crippen molar-refractivity contribution in [3.8, 4) is 16.8 Å². The molecule has 0 saturated heterocycles. The number of allylic oxidation sites excluding steroid dienone is 4. The fourth-order valence-corrected chi connectivity index (χ4v) is 10.3.